The molecule has 0 bridgehead atoms. The number of benzene rings is 1. The first-order valence-electron chi connectivity index (χ1n) is 4.62. The summed E-state index contributed by atoms with van der Waals surface area (Å²) in [4.78, 5) is 22.5. The van der Waals surface area contributed by atoms with Gasteiger partial charge in [-0.15, -0.1) is 11.6 Å². The van der Waals surface area contributed by atoms with E-state index in [1.165, 1.54) is 6.92 Å². The largest absolute Gasteiger partial charge is 0.326 e. The third-order valence-electron chi connectivity index (χ3n) is 2.03. The fourth-order valence-electron chi connectivity index (χ4n) is 1.28. The molecule has 0 spiro atoms. The maximum atomic E-state index is 11.6. The molecule has 1 rings (SSSR count). The third-order valence-corrected chi connectivity index (χ3v) is 2.68. The normalized spacial score (nSPS) is 10.0. The summed E-state index contributed by atoms with van der Waals surface area (Å²) < 4.78 is 0. The van der Waals surface area contributed by atoms with Crippen molar-refractivity contribution in [1.29, 1.82) is 0 Å². The van der Waals surface area contributed by atoms with E-state index in [4.69, 9.17) is 23.2 Å². The SMILES string of the molecule is CC(=O)Nc1cc(Cl)c(C)cc1C(=O)CCl. The van der Waals surface area contributed by atoms with Crippen LogP contribution in [0.1, 0.15) is 22.8 Å². The van der Waals surface area contributed by atoms with Crippen molar-refractivity contribution in [3.8, 4) is 0 Å². The number of Topliss-reactive ketones (excluding diaryl/α,β-unsaturated/α-hetero) is 1. The van der Waals surface area contributed by atoms with Crippen LogP contribution in [0.15, 0.2) is 12.1 Å². The molecule has 0 fully saturated rings. The van der Waals surface area contributed by atoms with Crippen LogP contribution in [0, 0.1) is 6.92 Å². The molecule has 86 valence electrons. The number of nitrogens with one attached hydrogen (secondary N) is 1. The minimum atomic E-state index is -0.261. The van der Waals surface area contributed by atoms with Gasteiger partial charge in [0.1, 0.15) is 0 Å². The Hall–Kier alpha value is -1.06. The van der Waals surface area contributed by atoms with E-state index >= 15 is 0 Å². The first-order valence-corrected chi connectivity index (χ1v) is 5.54. The summed E-state index contributed by atoms with van der Waals surface area (Å²) in [6, 6.07) is 3.18. The maximum Gasteiger partial charge on any atom is 0.221 e. The standard InChI is InChI=1S/C11H11Cl2NO2/c1-6-3-8(11(16)5-12)10(4-9(6)13)14-7(2)15/h3-4H,5H2,1-2H3,(H,14,15). The predicted octanol–water partition coefficient (Wildman–Crippen LogP) is 3.03. The van der Waals surface area contributed by atoms with Crippen molar-refractivity contribution >= 4 is 40.6 Å². The van der Waals surface area contributed by atoms with Crippen LogP contribution in [0.2, 0.25) is 5.02 Å². The van der Waals surface area contributed by atoms with Gasteiger partial charge in [-0.3, -0.25) is 9.59 Å². The molecule has 1 N–H and O–H groups in total. The van der Waals surface area contributed by atoms with E-state index in [9.17, 15) is 9.59 Å². The average molecular weight is 260 g/mol. The lowest BCUT2D eigenvalue weighted by Crippen LogP contribution is -2.12. The Kier molecular flexibility index (Phi) is 4.33. The van der Waals surface area contributed by atoms with Crippen LogP contribution in [0.25, 0.3) is 0 Å². The zero-order valence-corrected chi connectivity index (χ0v) is 10.4. The number of aryl methyl sites for hydroxylation is 1. The molecule has 0 heterocycles. The highest BCUT2D eigenvalue weighted by Crippen LogP contribution is 2.25. The molecule has 5 heteroatoms. The maximum absolute atomic E-state index is 11.6. The van der Waals surface area contributed by atoms with Gasteiger partial charge in [-0.1, -0.05) is 11.6 Å². The van der Waals surface area contributed by atoms with E-state index in [1.54, 1.807) is 19.1 Å². The highest BCUT2D eigenvalue weighted by Gasteiger charge is 2.13. The molecule has 0 aliphatic rings. The molecule has 0 unspecified atom stereocenters. The molecule has 16 heavy (non-hydrogen) atoms. The second-order valence-corrected chi connectivity index (χ2v) is 4.06. The van der Waals surface area contributed by atoms with Crippen molar-refractivity contribution in [3.05, 3.63) is 28.3 Å². The second kappa shape index (κ2) is 5.32. The smallest absolute Gasteiger partial charge is 0.221 e. The summed E-state index contributed by atoms with van der Waals surface area (Å²) in [6.45, 7) is 3.15. The Morgan fingerprint density at radius 2 is 2.00 bits per heavy atom. The highest BCUT2D eigenvalue weighted by molar-refractivity contribution is 6.33. The number of halogens is 2. The van der Waals surface area contributed by atoms with Crippen molar-refractivity contribution < 1.29 is 9.59 Å². The van der Waals surface area contributed by atoms with Gasteiger partial charge in [0.05, 0.1) is 11.6 Å². The van der Waals surface area contributed by atoms with E-state index in [0.717, 1.165) is 5.56 Å². The van der Waals surface area contributed by atoms with Gasteiger partial charge in [0.15, 0.2) is 5.78 Å². The number of hydrogen-bond acceptors (Lipinski definition) is 2. The third kappa shape index (κ3) is 2.97. The van der Waals surface area contributed by atoms with E-state index in [1.807, 2.05) is 0 Å². The Balaban J connectivity index is 3.27. The van der Waals surface area contributed by atoms with Gasteiger partial charge in [0.2, 0.25) is 5.91 Å². The van der Waals surface area contributed by atoms with E-state index in [2.05, 4.69) is 5.32 Å². The fourth-order valence-corrected chi connectivity index (χ4v) is 1.58. The van der Waals surface area contributed by atoms with Crippen molar-refractivity contribution in [3.63, 3.8) is 0 Å². The molecule has 1 aromatic carbocycles. The minimum absolute atomic E-state index is 0.131. The van der Waals surface area contributed by atoms with E-state index in [-0.39, 0.29) is 17.6 Å². The van der Waals surface area contributed by atoms with Crippen LogP contribution < -0.4 is 5.32 Å². The van der Waals surface area contributed by atoms with Crippen LogP contribution in [-0.2, 0) is 4.79 Å². The zero-order chi connectivity index (χ0) is 12.3. The topological polar surface area (TPSA) is 46.2 Å². The Morgan fingerprint density at radius 3 is 2.50 bits per heavy atom. The number of carbonyl (C=O) groups excluding carboxylic acids is 2. The lowest BCUT2D eigenvalue weighted by atomic mass is 10.1. The molecule has 0 atom stereocenters. The van der Waals surface area contributed by atoms with Gasteiger partial charge in [-0.05, 0) is 24.6 Å². The molecule has 1 amide bonds. The summed E-state index contributed by atoms with van der Waals surface area (Å²) in [5.41, 5.74) is 1.55. The summed E-state index contributed by atoms with van der Waals surface area (Å²) in [5.74, 6) is -0.637. The van der Waals surface area contributed by atoms with Gasteiger partial charge in [0.25, 0.3) is 0 Å². The van der Waals surface area contributed by atoms with E-state index < -0.39 is 0 Å². The molecular weight excluding hydrogens is 249 g/mol. The van der Waals surface area contributed by atoms with Crippen LogP contribution in [0.5, 0.6) is 0 Å². The fraction of sp³-hybridized carbons (Fsp3) is 0.273. The number of amides is 1. The summed E-state index contributed by atoms with van der Waals surface area (Å²) in [7, 11) is 0. The quantitative estimate of drug-likeness (QED) is 0.670. The number of ketones is 1. The highest BCUT2D eigenvalue weighted by atomic mass is 35.5. The lowest BCUT2D eigenvalue weighted by molar-refractivity contribution is -0.114. The Labute approximate surface area is 104 Å². The first kappa shape index (κ1) is 13.0. The number of anilines is 1. The molecule has 1 aromatic rings. The molecule has 0 aliphatic heterocycles. The van der Waals surface area contributed by atoms with Gasteiger partial charge in [-0.25, -0.2) is 0 Å². The van der Waals surface area contributed by atoms with Crippen molar-refractivity contribution in [1.82, 2.24) is 0 Å². The van der Waals surface area contributed by atoms with Crippen LogP contribution in [-0.4, -0.2) is 17.6 Å². The summed E-state index contributed by atoms with van der Waals surface area (Å²) >= 11 is 11.4. The van der Waals surface area contributed by atoms with Crippen molar-refractivity contribution in [2.24, 2.45) is 0 Å². The van der Waals surface area contributed by atoms with Gasteiger partial charge >= 0.3 is 0 Å². The first-order chi connectivity index (χ1) is 7.45. The number of carbonyl (C=O) groups is 2. The minimum Gasteiger partial charge on any atom is -0.326 e. The Bertz CT molecular complexity index is 444. The van der Waals surface area contributed by atoms with Gasteiger partial charge < -0.3 is 5.32 Å². The van der Waals surface area contributed by atoms with E-state index in [0.29, 0.717) is 16.3 Å². The number of alkyl halides is 1. The number of rotatable bonds is 3. The van der Waals surface area contributed by atoms with Crippen molar-refractivity contribution in [2.45, 2.75) is 13.8 Å². The van der Waals surface area contributed by atoms with Gasteiger partial charge in [-0.2, -0.15) is 0 Å². The zero-order valence-electron chi connectivity index (χ0n) is 8.93. The van der Waals surface area contributed by atoms with Crippen molar-refractivity contribution in [2.75, 3.05) is 11.2 Å². The lowest BCUT2D eigenvalue weighted by Gasteiger charge is -2.10. The van der Waals surface area contributed by atoms with Crippen LogP contribution in [0.3, 0.4) is 0 Å². The average Bonchev–Trinajstić information content (AvgIpc) is 2.21. The summed E-state index contributed by atoms with van der Waals surface area (Å²) in [6.07, 6.45) is 0. The Morgan fingerprint density at radius 1 is 1.38 bits per heavy atom. The molecule has 3 nitrogen and oxygen atoms in total. The number of hydrogen-bond donors (Lipinski definition) is 1. The molecule has 0 saturated carbocycles. The molecule has 0 radical (unpaired) electrons. The molecule has 0 aliphatic carbocycles. The second-order valence-electron chi connectivity index (χ2n) is 3.38. The molecule has 0 saturated heterocycles. The monoisotopic (exact) mass is 259 g/mol. The molecule has 0 aromatic heterocycles. The van der Waals surface area contributed by atoms with Crippen LogP contribution >= 0.6 is 23.2 Å². The molecular formula is C11H11Cl2NO2. The van der Waals surface area contributed by atoms with Crippen LogP contribution in [0.4, 0.5) is 5.69 Å². The summed E-state index contributed by atoms with van der Waals surface area (Å²) in [5, 5.41) is 3.05. The van der Waals surface area contributed by atoms with Gasteiger partial charge in [0, 0.05) is 17.5 Å². The predicted molar refractivity (Wildman–Crippen MR) is 65.5 cm³/mol.